The summed E-state index contributed by atoms with van der Waals surface area (Å²) in [5.74, 6) is 0.846. The topological polar surface area (TPSA) is 72.0 Å². The lowest BCUT2D eigenvalue weighted by molar-refractivity contribution is 0.185. The van der Waals surface area contributed by atoms with Gasteiger partial charge in [0.2, 0.25) is 17.2 Å². The van der Waals surface area contributed by atoms with Crippen LogP contribution < -0.4 is 10.6 Å². The number of nitrogens with one attached hydrogen (secondary N) is 2. The van der Waals surface area contributed by atoms with Gasteiger partial charge in [-0.1, -0.05) is 12.1 Å². The Balaban J connectivity index is 2.18. The predicted octanol–water partition coefficient (Wildman–Crippen LogP) is 2.85. The summed E-state index contributed by atoms with van der Waals surface area (Å²) in [7, 11) is 1.66. The summed E-state index contributed by atoms with van der Waals surface area (Å²) >= 11 is 5.87. The van der Waals surface area contributed by atoms with Gasteiger partial charge in [-0.15, -0.1) is 0 Å². The Kier molecular flexibility index (Phi) is 5.09. The van der Waals surface area contributed by atoms with Gasteiger partial charge in [-0.25, -0.2) is 0 Å². The summed E-state index contributed by atoms with van der Waals surface area (Å²) in [4.78, 5) is 12.3. The van der Waals surface area contributed by atoms with Crippen LogP contribution in [0.2, 0.25) is 5.28 Å². The van der Waals surface area contributed by atoms with E-state index in [0.29, 0.717) is 25.0 Å². The number of rotatable bonds is 6. The first-order valence-corrected chi connectivity index (χ1v) is 6.59. The number of methoxy groups -OCH3 is 1. The van der Waals surface area contributed by atoms with E-state index in [1.165, 1.54) is 0 Å². The summed E-state index contributed by atoms with van der Waals surface area (Å²) in [5.41, 5.74) is 1.92. The number of benzene rings is 1. The van der Waals surface area contributed by atoms with Crippen LogP contribution in [0.4, 0.5) is 17.6 Å². The van der Waals surface area contributed by atoms with Crippen LogP contribution in [-0.2, 0) is 11.3 Å². The molecule has 7 heteroatoms. The smallest absolute Gasteiger partial charge is 0.233 e. The first kappa shape index (κ1) is 14.5. The van der Waals surface area contributed by atoms with Crippen LogP contribution in [0.25, 0.3) is 0 Å². The van der Waals surface area contributed by atoms with Gasteiger partial charge < -0.3 is 15.4 Å². The number of halogens is 1. The van der Waals surface area contributed by atoms with Crippen molar-refractivity contribution in [1.29, 1.82) is 0 Å². The van der Waals surface area contributed by atoms with Gasteiger partial charge in [0.1, 0.15) is 0 Å². The third-order valence-electron chi connectivity index (χ3n) is 2.44. The van der Waals surface area contributed by atoms with Crippen molar-refractivity contribution in [2.75, 3.05) is 24.3 Å². The van der Waals surface area contributed by atoms with E-state index >= 15 is 0 Å². The van der Waals surface area contributed by atoms with Crippen molar-refractivity contribution in [3.63, 3.8) is 0 Å². The standard InChI is InChI=1S/C13H16ClN5O/c1-3-15-12-17-11(14)18-13(19-12)16-10-6-4-5-9(7-10)8-20-2/h4-7H,3,8H2,1-2H3,(H2,15,16,17,18,19). The minimum absolute atomic E-state index is 0.145. The Morgan fingerprint density at radius 3 is 2.75 bits per heavy atom. The molecule has 20 heavy (non-hydrogen) atoms. The van der Waals surface area contributed by atoms with Gasteiger partial charge in [0, 0.05) is 19.3 Å². The molecule has 0 spiro atoms. The highest BCUT2D eigenvalue weighted by Crippen LogP contribution is 2.17. The van der Waals surface area contributed by atoms with E-state index in [2.05, 4.69) is 25.6 Å². The lowest BCUT2D eigenvalue weighted by Crippen LogP contribution is -2.06. The molecular weight excluding hydrogens is 278 g/mol. The highest BCUT2D eigenvalue weighted by atomic mass is 35.5. The van der Waals surface area contributed by atoms with Crippen LogP contribution >= 0.6 is 11.6 Å². The van der Waals surface area contributed by atoms with Gasteiger partial charge in [-0.05, 0) is 36.2 Å². The first-order valence-electron chi connectivity index (χ1n) is 6.21. The van der Waals surface area contributed by atoms with E-state index < -0.39 is 0 Å². The van der Waals surface area contributed by atoms with Gasteiger partial charge in [0.25, 0.3) is 0 Å². The third kappa shape index (κ3) is 4.04. The van der Waals surface area contributed by atoms with Crippen LogP contribution in [0, 0.1) is 0 Å². The minimum Gasteiger partial charge on any atom is -0.380 e. The lowest BCUT2D eigenvalue weighted by Gasteiger charge is -2.08. The van der Waals surface area contributed by atoms with Crippen molar-refractivity contribution in [3.8, 4) is 0 Å². The molecule has 6 nitrogen and oxygen atoms in total. The van der Waals surface area contributed by atoms with E-state index in [1.807, 2.05) is 31.2 Å². The monoisotopic (exact) mass is 293 g/mol. The molecule has 1 aromatic heterocycles. The minimum atomic E-state index is 0.145. The second-order valence-corrected chi connectivity index (χ2v) is 4.38. The maximum Gasteiger partial charge on any atom is 0.233 e. The number of hydrogen-bond donors (Lipinski definition) is 2. The van der Waals surface area contributed by atoms with Crippen molar-refractivity contribution >= 4 is 29.2 Å². The van der Waals surface area contributed by atoms with Crippen molar-refractivity contribution in [2.24, 2.45) is 0 Å². The van der Waals surface area contributed by atoms with Crippen molar-refractivity contribution in [1.82, 2.24) is 15.0 Å². The van der Waals surface area contributed by atoms with Crippen LogP contribution in [0.15, 0.2) is 24.3 Å². The van der Waals surface area contributed by atoms with Gasteiger partial charge >= 0.3 is 0 Å². The van der Waals surface area contributed by atoms with E-state index in [-0.39, 0.29) is 5.28 Å². The normalized spacial score (nSPS) is 10.3. The summed E-state index contributed by atoms with van der Waals surface area (Å²) in [6.07, 6.45) is 0. The van der Waals surface area contributed by atoms with Gasteiger partial charge in [-0.2, -0.15) is 15.0 Å². The number of anilines is 3. The SMILES string of the molecule is CCNc1nc(Cl)nc(Nc2cccc(COC)c2)n1. The zero-order valence-corrected chi connectivity index (χ0v) is 12.1. The fourth-order valence-electron chi connectivity index (χ4n) is 1.68. The average Bonchev–Trinajstić information content (AvgIpc) is 2.39. The lowest BCUT2D eigenvalue weighted by atomic mass is 10.2. The van der Waals surface area contributed by atoms with E-state index in [4.69, 9.17) is 16.3 Å². The van der Waals surface area contributed by atoms with Crippen LogP contribution in [-0.4, -0.2) is 28.6 Å². The molecule has 1 aromatic carbocycles. The van der Waals surface area contributed by atoms with Gasteiger partial charge in [-0.3, -0.25) is 0 Å². The molecule has 0 bridgehead atoms. The van der Waals surface area contributed by atoms with Crippen molar-refractivity contribution in [3.05, 3.63) is 35.1 Å². The third-order valence-corrected chi connectivity index (χ3v) is 2.61. The molecule has 2 N–H and O–H groups in total. The number of hydrogen-bond acceptors (Lipinski definition) is 6. The number of ether oxygens (including phenoxy) is 1. The predicted molar refractivity (Wildman–Crippen MR) is 79.4 cm³/mol. The first-order chi connectivity index (χ1) is 9.71. The fourth-order valence-corrected chi connectivity index (χ4v) is 1.84. The molecule has 0 aliphatic carbocycles. The maximum absolute atomic E-state index is 5.87. The average molecular weight is 294 g/mol. The molecule has 2 rings (SSSR count). The van der Waals surface area contributed by atoms with E-state index in [9.17, 15) is 0 Å². The Morgan fingerprint density at radius 1 is 1.20 bits per heavy atom. The van der Waals surface area contributed by atoms with Crippen molar-refractivity contribution in [2.45, 2.75) is 13.5 Å². The van der Waals surface area contributed by atoms with E-state index in [0.717, 1.165) is 11.3 Å². The Labute approximate surface area is 122 Å². The highest BCUT2D eigenvalue weighted by molar-refractivity contribution is 6.28. The molecule has 0 aliphatic rings. The number of nitrogens with zero attached hydrogens (tertiary/aromatic N) is 3. The van der Waals surface area contributed by atoms with Gasteiger partial charge in [0.05, 0.1) is 6.61 Å². The maximum atomic E-state index is 5.87. The molecule has 0 radical (unpaired) electrons. The molecular formula is C13H16ClN5O. The molecule has 0 saturated carbocycles. The second-order valence-electron chi connectivity index (χ2n) is 4.04. The van der Waals surface area contributed by atoms with E-state index in [1.54, 1.807) is 7.11 Å². The molecule has 0 fully saturated rings. The molecule has 106 valence electrons. The Bertz CT molecular complexity index is 578. The molecule has 0 atom stereocenters. The molecule has 0 unspecified atom stereocenters. The van der Waals surface area contributed by atoms with Crippen LogP contribution in [0.3, 0.4) is 0 Å². The molecule has 2 aromatic rings. The summed E-state index contributed by atoms with van der Waals surface area (Å²) < 4.78 is 5.10. The fraction of sp³-hybridized carbons (Fsp3) is 0.308. The zero-order valence-electron chi connectivity index (χ0n) is 11.4. The van der Waals surface area contributed by atoms with Crippen LogP contribution in [0.5, 0.6) is 0 Å². The zero-order chi connectivity index (χ0) is 14.4. The highest BCUT2D eigenvalue weighted by Gasteiger charge is 2.05. The van der Waals surface area contributed by atoms with Gasteiger partial charge in [0.15, 0.2) is 0 Å². The molecule has 0 amide bonds. The molecule has 0 saturated heterocycles. The summed E-state index contributed by atoms with van der Waals surface area (Å²) in [5, 5.41) is 6.24. The van der Waals surface area contributed by atoms with Crippen LogP contribution in [0.1, 0.15) is 12.5 Å². The quantitative estimate of drug-likeness (QED) is 0.853. The molecule has 1 heterocycles. The van der Waals surface area contributed by atoms with Crippen molar-refractivity contribution < 1.29 is 4.74 Å². The number of aromatic nitrogens is 3. The second kappa shape index (κ2) is 7.02. The summed E-state index contributed by atoms with van der Waals surface area (Å²) in [6, 6.07) is 7.81. The largest absolute Gasteiger partial charge is 0.380 e. The molecule has 0 aliphatic heterocycles. The Hall–Kier alpha value is -1.92. The summed E-state index contributed by atoms with van der Waals surface area (Å²) in [6.45, 7) is 3.22. The Morgan fingerprint density at radius 2 is 2.00 bits per heavy atom.